The average Bonchev–Trinajstić information content (AvgIpc) is 2.62. The van der Waals surface area contributed by atoms with E-state index in [0.717, 1.165) is 11.4 Å². The molecule has 3 heteroatoms. The maximum atomic E-state index is 4.49. The molecule has 0 bridgehead atoms. The van der Waals surface area contributed by atoms with Gasteiger partial charge in [-0.2, -0.15) is 0 Å². The fourth-order valence-corrected chi connectivity index (χ4v) is 2.38. The summed E-state index contributed by atoms with van der Waals surface area (Å²) in [6.07, 6.45) is 12.5. The van der Waals surface area contributed by atoms with Gasteiger partial charge in [-0.3, -0.25) is 9.97 Å². The Hall–Kier alpha value is -1.22. The van der Waals surface area contributed by atoms with Crippen LogP contribution in [0, 0.1) is 6.92 Å². The number of hydrogen-bond donors (Lipinski definition) is 1. The highest BCUT2D eigenvalue weighted by Gasteiger charge is 2.17. The summed E-state index contributed by atoms with van der Waals surface area (Å²) in [5, 5.41) is 3.36. The monoisotopic (exact) mass is 231 g/mol. The third-order valence-electron chi connectivity index (χ3n) is 3.33. The lowest BCUT2D eigenvalue weighted by Gasteiger charge is -2.18. The van der Waals surface area contributed by atoms with Gasteiger partial charge in [0.2, 0.25) is 0 Å². The molecule has 1 N–H and O–H groups in total. The second kappa shape index (κ2) is 5.92. The summed E-state index contributed by atoms with van der Waals surface area (Å²) in [7, 11) is 2.00. The molecule has 1 aliphatic carbocycles. The van der Waals surface area contributed by atoms with Crippen molar-refractivity contribution in [2.75, 3.05) is 7.05 Å². The van der Waals surface area contributed by atoms with Gasteiger partial charge in [0.25, 0.3) is 0 Å². The van der Waals surface area contributed by atoms with E-state index in [2.05, 4.69) is 21.4 Å². The van der Waals surface area contributed by atoms with E-state index < -0.39 is 0 Å². The fourth-order valence-electron chi connectivity index (χ4n) is 2.38. The summed E-state index contributed by atoms with van der Waals surface area (Å²) in [6, 6.07) is 0.237. The van der Waals surface area contributed by atoms with Crippen LogP contribution in [-0.4, -0.2) is 17.0 Å². The summed E-state index contributed by atoms with van der Waals surface area (Å²) in [4.78, 5) is 8.83. The smallest absolute Gasteiger partial charge is 0.0798 e. The minimum atomic E-state index is 0.237. The van der Waals surface area contributed by atoms with Gasteiger partial charge < -0.3 is 5.32 Å². The zero-order valence-corrected chi connectivity index (χ0v) is 10.7. The first-order chi connectivity index (χ1) is 8.31. The van der Waals surface area contributed by atoms with Crippen molar-refractivity contribution < 1.29 is 0 Å². The molecule has 1 heterocycles. The lowest BCUT2D eigenvalue weighted by atomic mass is 9.99. The molecular weight excluding hydrogens is 210 g/mol. The molecule has 3 nitrogen and oxygen atoms in total. The molecule has 1 atom stereocenters. The fraction of sp³-hybridized carbons (Fsp3) is 0.571. The van der Waals surface area contributed by atoms with Crippen molar-refractivity contribution >= 4 is 0 Å². The minimum Gasteiger partial charge on any atom is -0.308 e. The summed E-state index contributed by atoms with van der Waals surface area (Å²) in [6.45, 7) is 1.97. The molecule has 0 radical (unpaired) electrons. The SMILES string of the molecule is CNC(C1=CCCCCC1)c1cnc(C)cn1. The number of allylic oxidation sites excluding steroid dienone is 1. The van der Waals surface area contributed by atoms with Crippen LogP contribution >= 0.6 is 0 Å². The number of nitrogens with one attached hydrogen (secondary N) is 1. The average molecular weight is 231 g/mol. The van der Waals surface area contributed by atoms with Gasteiger partial charge in [-0.15, -0.1) is 0 Å². The minimum absolute atomic E-state index is 0.237. The number of nitrogens with zero attached hydrogens (tertiary/aromatic N) is 2. The Labute approximate surface area is 103 Å². The van der Waals surface area contributed by atoms with Crippen LogP contribution in [0.3, 0.4) is 0 Å². The maximum Gasteiger partial charge on any atom is 0.0798 e. The molecule has 0 fully saturated rings. The molecule has 92 valence electrons. The van der Waals surface area contributed by atoms with E-state index in [0.29, 0.717) is 0 Å². The lowest BCUT2D eigenvalue weighted by molar-refractivity contribution is 0.612. The second-order valence-electron chi connectivity index (χ2n) is 4.68. The zero-order chi connectivity index (χ0) is 12.1. The Balaban J connectivity index is 2.20. The van der Waals surface area contributed by atoms with Crippen molar-refractivity contribution in [1.29, 1.82) is 0 Å². The summed E-state index contributed by atoms with van der Waals surface area (Å²) < 4.78 is 0. The Morgan fingerprint density at radius 1 is 1.18 bits per heavy atom. The van der Waals surface area contributed by atoms with Crippen molar-refractivity contribution in [2.45, 2.75) is 45.1 Å². The zero-order valence-electron chi connectivity index (χ0n) is 10.7. The van der Waals surface area contributed by atoms with E-state index in [9.17, 15) is 0 Å². The first-order valence-electron chi connectivity index (χ1n) is 6.46. The van der Waals surface area contributed by atoms with Crippen LogP contribution in [0.2, 0.25) is 0 Å². The standard InChI is InChI=1S/C14H21N3/c1-11-9-17-13(10-16-11)14(15-2)12-7-5-3-4-6-8-12/h7,9-10,14-15H,3-6,8H2,1-2H3. The molecule has 0 spiro atoms. The first kappa shape index (κ1) is 12.2. The highest BCUT2D eigenvalue weighted by atomic mass is 14.9. The molecule has 0 saturated carbocycles. The van der Waals surface area contributed by atoms with Gasteiger partial charge in [0.1, 0.15) is 0 Å². The van der Waals surface area contributed by atoms with E-state index in [4.69, 9.17) is 0 Å². The lowest BCUT2D eigenvalue weighted by Crippen LogP contribution is -2.20. The predicted molar refractivity (Wildman–Crippen MR) is 69.7 cm³/mol. The largest absolute Gasteiger partial charge is 0.308 e. The second-order valence-corrected chi connectivity index (χ2v) is 4.68. The number of aromatic nitrogens is 2. The van der Waals surface area contributed by atoms with Crippen LogP contribution in [-0.2, 0) is 0 Å². The molecular formula is C14H21N3. The predicted octanol–water partition coefficient (Wildman–Crippen LogP) is 2.94. The van der Waals surface area contributed by atoms with Crippen LogP contribution < -0.4 is 5.32 Å². The van der Waals surface area contributed by atoms with Gasteiger partial charge in [0.05, 0.1) is 23.6 Å². The van der Waals surface area contributed by atoms with E-state index in [-0.39, 0.29) is 6.04 Å². The first-order valence-corrected chi connectivity index (χ1v) is 6.46. The highest BCUT2D eigenvalue weighted by molar-refractivity contribution is 5.21. The molecule has 0 aliphatic heterocycles. The highest BCUT2D eigenvalue weighted by Crippen LogP contribution is 2.27. The molecule has 1 unspecified atom stereocenters. The van der Waals surface area contributed by atoms with Crippen LogP contribution in [0.4, 0.5) is 0 Å². The van der Waals surface area contributed by atoms with E-state index in [1.165, 1.54) is 37.7 Å². The summed E-state index contributed by atoms with van der Waals surface area (Å²) >= 11 is 0. The number of hydrogen-bond acceptors (Lipinski definition) is 3. The molecule has 1 aliphatic rings. The van der Waals surface area contributed by atoms with Crippen LogP contribution in [0.15, 0.2) is 24.0 Å². The van der Waals surface area contributed by atoms with Gasteiger partial charge in [-0.25, -0.2) is 0 Å². The van der Waals surface area contributed by atoms with Crippen molar-refractivity contribution in [3.63, 3.8) is 0 Å². The Morgan fingerprint density at radius 2 is 2.06 bits per heavy atom. The van der Waals surface area contributed by atoms with Gasteiger partial charge in [-0.1, -0.05) is 18.1 Å². The molecule has 2 rings (SSSR count). The molecule has 0 amide bonds. The van der Waals surface area contributed by atoms with Gasteiger partial charge in [0.15, 0.2) is 0 Å². The Kier molecular flexibility index (Phi) is 4.26. The van der Waals surface area contributed by atoms with E-state index in [1.54, 1.807) is 0 Å². The van der Waals surface area contributed by atoms with Crippen LogP contribution in [0.5, 0.6) is 0 Å². The third kappa shape index (κ3) is 3.13. The quantitative estimate of drug-likeness (QED) is 0.813. The van der Waals surface area contributed by atoms with Crippen LogP contribution in [0.25, 0.3) is 0 Å². The molecule has 17 heavy (non-hydrogen) atoms. The van der Waals surface area contributed by atoms with Crippen molar-refractivity contribution in [3.05, 3.63) is 35.4 Å². The van der Waals surface area contributed by atoms with Crippen molar-refractivity contribution in [2.24, 2.45) is 0 Å². The Bertz CT molecular complexity index is 381. The van der Waals surface area contributed by atoms with Crippen molar-refractivity contribution in [1.82, 2.24) is 15.3 Å². The maximum absolute atomic E-state index is 4.49. The number of rotatable bonds is 3. The number of aryl methyl sites for hydroxylation is 1. The van der Waals surface area contributed by atoms with Crippen molar-refractivity contribution in [3.8, 4) is 0 Å². The summed E-state index contributed by atoms with van der Waals surface area (Å²) in [5.41, 5.74) is 3.48. The molecule has 1 aromatic heterocycles. The third-order valence-corrected chi connectivity index (χ3v) is 3.33. The molecule has 1 aromatic rings. The molecule has 0 aromatic carbocycles. The summed E-state index contributed by atoms with van der Waals surface area (Å²) in [5.74, 6) is 0. The Morgan fingerprint density at radius 3 is 2.76 bits per heavy atom. The normalized spacial score (nSPS) is 18.4. The van der Waals surface area contributed by atoms with Crippen LogP contribution in [0.1, 0.15) is 49.5 Å². The van der Waals surface area contributed by atoms with Gasteiger partial charge in [0, 0.05) is 6.20 Å². The topological polar surface area (TPSA) is 37.8 Å². The van der Waals surface area contributed by atoms with E-state index >= 15 is 0 Å². The van der Waals surface area contributed by atoms with Gasteiger partial charge in [-0.05, 0) is 39.7 Å². The number of likely N-dealkylation sites (N-methyl/N-ethyl adjacent to an activating group) is 1. The molecule has 0 saturated heterocycles. The van der Waals surface area contributed by atoms with E-state index in [1.807, 2.05) is 26.4 Å². The van der Waals surface area contributed by atoms with Gasteiger partial charge >= 0.3 is 0 Å².